The van der Waals surface area contributed by atoms with Gasteiger partial charge in [-0.3, -0.25) is 24.4 Å². The lowest BCUT2D eigenvalue weighted by Gasteiger charge is -2.51. The second kappa shape index (κ2) is 24.7. The second-order valence-electron chi connectivity index (χ2n) is 19.3. The van der Waals surface area contributed by atoms with E-state index in [0.717, 1.165) is 44.7 Å². The molecule has 2 fully saturated rings. The average Bonchev–Trinajstić information content (AvgIpc) is 3.86. The van der Waals surface area contributed by atoms with Gasteiger partial charge >= 0.3 is 12.0 Å². The highest BCUT2D eigenvalue weighted by Crippen LogP contribution is 2.42. The van der Waals surface area contributed by atoms with Crippen LogP contribution in [-0.2, 0) is 48.0 Å². The first-order valence-electron chi connectivity index (χ1n) is 22.7. The average molecular weight is 1050 g/mol. The molecule has 69 heavy (non-hydrogen) atoms. The van der Waals surface area contributed by atoms with Crippen LogP contribution in [-0.4, -0.2) is 150 Å². The van der Waals surface area contributed by atoms with Crippen LogP contribution in [0.5, 0.6) is 0 Å². The largest absolute Gasteiger partial charge is 0.464 e. The second-order valence-corrected chi connectivity index (χ2v) is 20.3. The number of hydrogen-bond donors (Lipinski definition) is 2. The van der Waals surface area contributed by atoms with Gasteiger partial charge in [-0.15, -0.1) is 11.3 Å². The van der Waals surface area contributed by atoms with Crippen LogP contribution in [0.3, 0.4) is 0 Å². The van der Waals surface area contributed by atoms with Crippen LogP contribution < -0.4 is 10.7 Å². The van der Waals surface area contributed by atoms with E-state index in [-0.39, 0.29) is 85.1 Å². The van der Waals surface area contributed by atoms with E-state index < -0.39 is 46.9 Å². The number of thiazole rings is 1. The van der Waals surface area contributed by atoms with Crippen LogP contribution in [0.1, 0.15) is 76.8 Å². The number of aromatic nitrogens is 3. The van der Waals surface area contributed by atoms with Crippen LogP contribution in [0, 0.1) is 11.3 Å². The van der Waals surface area contributed by atoms with E-state index in [0.29, 0.717) is 57.0 Å². The maximum atomic E-state index is 14.6. The minimum atomic E-state index is -1.06. The Morgan fingerprint density at radius 1 is 1.06 bits per heavy atom. The van der Waals surface area contributed by atoms with Crippen LogP contribution >= 0.6 is 65.3 Å². The molecule has 6 heterocycles. The van der Waals surface area contributed by atoms with Gasteiger partial charge in [0.25, 0.3) is 5.91 Å². The Hall–Kier alpha value is -3.54. The van der Waals surface area contributed by atoms with Gasteiger partial charge in [0, 0.05) is 86.3 Å². The first-order valence-corrected chi connectivity index (χ1v) is 23.6. The summed E-state index contributed by atoms with van der Waals surface area (Å²) in [6, 6.07) is 7.44. The topological polar surface area (TPSA) is 164 Å². The Balaban J connectivity index is 0.00000315. The van der Waals surface area contributed by atoms with Crippen LogP contribution in [0.25, 0.3) is 33.4 Å². The molecule has 16 nitrogen and oxygen atoms in total. The lowest BCUT2D eigenvalue weighted by Crippen LogP contribution is -2.70. The number of likely N-dealkylation sites (tertiary alicyclic amines) is 1. The zero-order valence-electron chi connectivity index (χ0n) is 41.9. The number of urea groups is 1. The summed E-state index contributed by atoms with van der Waals surface area (Å²) in [7, 11) is 8.90. The fourth-order valence-electron chi connectivity index (χ4n) is 9.74. The van der Waals surface area contributed by atoms with Crippen molar-refractivity contribution in [1.29, 1.82) is 0 Å². The quantitative estimate of drug-likeness (QED) is 0.170. The smallest absolute Gasteiger partial charge is 0.324 e. The van der Waals surface area contributed by atoms with E-state index in [4.69, 9.17) is 24.2 Å². The molecule has 7 rings (SSSR count). The number of ether oxygens (including phenoxy) is 3. The molecule has 0 unspecified atom stereocenters. The van der Waals surface area contributed by atoms with Gasteiger partial charge in [0.05, 0.1) is 47.9 Å². The lowest BCUT2D eigenvalue weighted by molar-refractivity contribution is -0.155. The summed E-state index contributed by atoms with van der Waals surface area (Å²) >= 11 is 1.42. The molecular formula is C48H75N9O7S5. The monoisotopic (exact) mass is 1050 g/mol. The van der Waals surface area contributed by atoms with Crippen LogP contribution in [0.15, 0.2) is 41.9 Å². The molecule has 384 valence electrons. The summed E-state index contributed by atoms with van der Waals surface area (Å²) in [4.78, 5) is 71.9. The molecule has 0 spiro atoms. The summed E-state index contributed by atoms with van der Waals surface area (Å²) in [5.74, 6) is -1.59. The number of likely N-dealkylation sites (N-methyl/N-ethyl adjacent to an activating group) is 2. The fraction of sp³-hybridized carbons (Fsp3) is 0.583. The molecule has 3 aliphatic heterocycles. The van der Waals surface area contributed by atoms with Crippen molar-refractivity contribution in [2.24, 2.45) is 11.3 Å². The predicted molar refractivity (Wildman–Crippen MR) is 293 cm³/mol. The Morgan fingerprint density at radius 2 is 1.77 bits per heavy atom. The first kappa shape index (κ1) is 59.8. The minimum Gasteiger partial charge on any atom is -0.464 e. The molecule has 2 N–H and O–H groups in total. The number of esters is 1. The third kappa shape index (κ3) is 12.7. The Kier molecular flexibility index (Phi) is 21.4. The number of amides is 4. The first-order chi connectivity index (χ1) is 30.9. The number of benzene rings is 1. The number of nitrogens with zero attached hydrogens (tertiary/aromatic N) is 7. The summed E-state index contributed by atoms with van der Waals surface area (Å²) < 4.78 is 20.1. The van der Waals surface area contributed by atoms with Gasteiger partial charge in [0.15, 0.2) is 0 Å². The van der Waals surface area contributed by atoms with Gasteiger partial charge in [-0.1, -0.05) is 33.8 Å². The molecule has 4 atom stereocenters. The summed E-state index contributed by atoms with van der Waals surface area (Å²) in [5, 5.41) is 8.18. The molecule has 2 saturated heterocycles. The molecule has 1 aromatic carbocycles. The van der Waals surface area contributed by atoms with Crippen molar-refractivity contribution >= 4 is 100 Å². The number of pyridine rings is 1. The van der Waals surface area contributed by atoms with Crippen molar-refractivity contribution in [2.45, 2.75) is 104 Å². The molecule has 21 heteroatoms. The normalized spacial score (nSPS) is 19.7. The SMILES string of the molecule is CCn1c(-c2cccnc2[C@H](C)OC)c2c3cc(ccc31)-c1csc(n1)C[C@H](NC(=O)[C@H](C(C)C)N(C)C(=O)N1CC(CN(C)C)(OC)C1)C(=O)N1CCC[C@H](N1)C(=O)OCC(C)(C)C2.S.S.S.S. The highest BCUT2D eigenvalue weighted by atomic mass is 32.1. The van der Waals surface area contributed by atoms with E-state index in [9.17, 15) is 19.2 Å². The number of carbonyl (C=O) groups excluding carboxylic acids is 4. The van der Waals surface area contributed by atoms with Gasteiger partial charge in [0.2, 0.25) is 5.91 Å². The minimum absolute atomic E-state index is 0. The van der Waals surface area contributed by atoms with Gasteiger partial charge in [-0.2, -0.15) is 54.0 Å². The van der Waals surface area contributed by atoms with E-state index in [2.05, 4.69) is 60.3 Å². The lowest BCUT2D eigenvalue weighted by atomic mass is 9.84. The van der Waals surface area contributed by atoms with Crippen molar-refractivity contribution in [3.05, 3.63) is 58.2 Å². The number of cyclic esters (lactones) is 1. The van der Waals surface area contributed by atoms with E-state index in [1.54, 1.807) is 32.4 Å². The van der Waals surface area contributed by atoms with Gasteiger partial charge in [0.1, 0.15) is 23.7 Å². The molecule has 4 aromatic rings. The zero-order valence-corrected chi connectivity index (χ0v) is 46.7. The Labute approximate surface area is 439 Å². The van der Waals surface area contributed by atoms with Gasteiger partial charge in [-0.05, 0) is 83.0 Å². The van der Waals surface area contributed by atoms with Gasteiger partial charge < -0.3 is 38.8 Å². The van der Waals surface area contributed by atoms with Crippen LogP contribution in [0.4, 0.5) is 4.79 Å². The molecule has 3 aliphatic rings. The molecule has 0 aliphatic carbocycles. The van der Waals surface area contributed by atoms with Crippen molar-refractivity contribution in [2.75, 3.05) is 68.1 Å². The highest BCUT2D eigenvalue weighted by Gasteiger charge is 2.48. The van der Waals surface area contributed by atoms with Crippen LogP contribution in [0.2, 0.25) is 0 Å². The molecule has 3 aromatic heterocycles. The third-order valence-electron chi connectivity index (χ3n) is 13.0. The van der Waals surface area contributed by atoms with Crippen molar-refractivity contribution < 1.29 is 33.4 Å². The number of hydrazine groups is 1. The number of carbonyl (C=O) groups is 4. The highest BCUT2D eigenvalue weighted by molar-refractivity contribution is 7.59. The van der Waals surface area contributed by atoms with E-state index >= 15 is 0 Å². The molecule has 0 radical (unpaired) electrons. The predicted octanol–water partition coefficient (Wildman–Crippen LogP) is 5.99. The van der Waals surface area contributed by atoms with Crippen molar-refractivity contribution in [3.8, 4) is 22.5 Å². The Morgan fingerprint density at radius 3 is 2.41 bits per heavy atom. The Bertz CT molecular complexity index is 2410. The maximum Gasteiger partial charge on any atom is 0.324 e. The summed E-state index contributed by atoms with van der Waals surface area (Å²) in [6.45, 7) is 14.7. The molecule has 6 bridgehead atoms. The maximum absolute atomic E-state index is 14.6. The number of nitrogens with one attached hydrogen (secondary N) is 2. The summed E-state index contributed by atoms with van der Waals surface area (Å²) in [5.41, 5.74) is 8.86. The van der Waals surface area contributed by atoms with Crippen molar-refractivity contribution in [3.63, 3.8) is 0 Å². The fourth-order valence-corrected chi connectivity index (χ4v) is 10.6. The number of hydrogen-bond acceptors (Lipinski definition) is 12. The number of methoxy groups -OCH3 is 2. The van der Waals surface area contributed by atoms with Crippen molar-refractivity contribution in [1.82, 2.24) is 45.0 Å². The zero-order chi connectivity index (χ0) is 47.0. The standard InChI is InChI=1S/C48H67N9O7S.4H2S/c1-12-56-38-18-17-31-21-33(38)34(42(56)32-15-13-19-49-40(32)30(4)62-10)23-47(5,6)28-64-45(60)35-16-14-20-57(52-35)44(59)36(22-39-50-37(31)24-65-39)51-43(58)41(29(2)3)54(9)46(61)55-26-48(27-55,63-11)25-53(7)8;;;;/h13,15,17-19,21,24,29-30,35-36,41,52H,12,14,16,20,22-23,25-28H2,1-11H3,(H,51,58);4*1H2/t30-,35-,36-,41-;;;;/m0..../s1. The van der Waals surface area contributed by atoms with E-state index in [1.807, 2.05) is 51.2 Å². The molecule has 0 saturated carbocycles. The third-order valence-corrected chi connectivity index (χ3v) is 13.9. The number of fused-ring (bicyclic) bond motifs is 6. The molecule has 4 amide bonds. The summed E-state index contributed by atoms with van der Waals surface area (Å²) in [6.07, 6.45) is 3.25. The molecular weight excluding hydrogens is 975 g/mol. The van der Waals surface area contributed by atoms with Gasteiger partial charge in [-0.25, -0.2) is 15.2 Å². The number of rotatable bonds is 11. The van der Waals surface area contributed by atoms with E-state index in [1.165, 1.54) is 21.2 Å². The number of aryl methyl sites for hydroxylation is 1.